The predicted molar refractivity (Wildman–Crippen MR) is 227 cm³/mol. The molecule has 0 saturated heterocycles. The third-order valence-corrected chi connectivity index (χ3v) is 11.6. The lowest BCUT2D eigenvalue weighted by molar-refractivity contribution is 0.433. The Hall–Kier alpha value is -7.64. The van der Waals surface area contributed by atoms with Crippen molar-refractivity contribution in [3.8, 4) is 40.2 Å². The van der Waals surface area contributed by atoms with Gasteiger partial charge in [0.1, 0.15) is 40.2 Å². The molecule has 8 bridgehead atoms. The Morgan fingerprint density at radius 3 is 0.763 bits per heavy atom. The average Bonchev–Trinajstić information content (AvgIpc) is 3.24. The first-order chi connectivity index (χ1) is 28.7. The summed E-state index contributed by atoms with van der Waals surface area (Å²) >= 11 is 0. The van der Waals surface area contributed by atoms with Crippen LogP contribution in [-0.4, -0.2) is 35.7 Å². The average molecular weight is 777 g/mol. The standard InChI is InChI=1S/C52H40O7/c53-42-22-21-34-23-35(42)50(31-15-7-2-8-16-31)38-25-39(46(57)28-45(38)56)52(33-19-11-4-12-20-33)41-26-40(47(58)29-48(41)59)51(32-17-9-3-10-18-32)37-24-36(43(54)27-44(37)55)49(34)30-13-5-1-6-14-30/h1-29,49-59H. The minimum Gasteiger partial charge on any atom is -0.508 e. The molecule has 4 unspecified atom stereocenters. The summed E-state index contributed by atoms with van der Waals surface area (Å²) in [7, 11) is 0. The minimum atomic E-state index is -0.845. The lowest BCUT2D eigenvalue weighted by Gasteiger charge is -2.29. The lowest BCUT2D eigenvalue weighted by Crippen LogP contribution is -2.12. The fourth-order valence-corrected chi connectivity index (χ4v) is 8.92. The van der Waals surface area contributed by atoms with Gasteiger partial charge in [0.25, 0.3) is 0 Å². The van der Waals surface area contributed by atoms with Gasteiger partial charge in [0.05, 0.1) is 0 Å². The molecule has 7 N–H and O–H groups in total. The summed E-state index contributed by atoms with van der Waals surface area (Å²) in [6.07, 6.45) is 0. The second kappa shape index (κ2) is 15.0. The van der Waals surface area contributed by atoms with Crippen LogP contribution in [0.4, 0.5) is 0 Å². The van der Waals surface area contributed by atoms with Gasteiger partial charge in [-0.1, -0.05) is 133 Å². The molecule has 290 valence electrons. The molecule has 1 aliphatic rings. The van der Waals surface area contributed by atoms with E-state index in [2.05, 4.69) is 0 Å². The first-order valence-electron chi connectivity index (χ1n) is 19.4. The van der Waals surface area contributed by atoms with E-state index >= 15 is 0 Å². The molecule has 0 fully saturated rings. The zero-order valence-corrected chi connectivity index (χ0v) is 31.7. The Balaban J connectivity index is 1.46. The fraction of sp³-hybridized carbons (Fsp3) is 0.0769. The van der Waals surface area contributed by atoms with Crippen LogP contribution in [0.1, 0.15) is 90.4 Å². The molecule has 0 amide bonds. The molecular weight excluding hydrogens is 737 g/mol. The smallest absolute Gasteiger partial charge is 0.123 e. The van der Waals surface area contributed by atoms with E-state index in [1.807, 2.05) is 127 Å². The monoisotopic (exact) mass is 776 g/mol. The van der Waals surface area contributed by atoms with Gasteiger partial charge in [-0.05, 0) is 52.1 Å². The SMILES string of the molecule is Oc1cc(O)c2cc1C(c1ccccc1)c1ccc(O)c(c1)C(c1ccccc1)c1cc(c(O)cc1O)C(c1ccccc1)c1cc(c(O)cc1O)C2c1ccccc1. The summed E-state index contributed by atoms with van der Waals surface area (Å²) in [5, 5.41) is 82.9. The van der Waals surface area contributed by atoms with Gasteiger partial charge in [-0.3, -0.25) is 0 Å². The maximum Gasteiger partial charge on any atom is 0.123 e. The van der Waals surface area contributed by atoms with Gasteiger partial charge in [-0.2, -0.15) is 0 Å². The first kappa shape index (κ1) is 37.0. The van der Waals surface area contributed by atoms with E-state index in [4.69, 9.17) is 0 Å². The van der Waals surface area contributed by atoms with Crippen LogP contribution in [0.25, 0.3) is 0 Å². The quantitative estimate of drug-likeness (QED) is 0.0943. The molecule has 9 rings (SSSR count). The maximum absolute atomic E-state index is 11.8. The molecular formula is C52H40O7. The van der Waals surface area contributed by atoms with Gasteiger partial charge >= 0.3 is 0 Å². The normalized spacial score (nSPS) is 17.3. The fourth-order valence-electron chi connectivity index (χ4n) is 8.92. The Morgan fingerprint density at radius 2 is 0.458 bits per heavy atom. The Bertz CT molecular complexity index is 2800. The second-order valence-corrected chi connectivity index (χ2v) is 15.1. The predicted octanol–water partition coefficient (Wildman–Crippen LogP) is 10.7. The van der Waals surface area contributed by atoms with Gasteiger partial charge < -0.3 is 35.7 Å². The number of aromatic hydroxyl groups is 7. The van der Waals surface area contributed by atoms with Crippen LogP contribution in [0.3, 0.4) is 0 Å². The summed E-state index contributed by atoms with van der Waals surface area (Å²) in [5.74, 6) is -4.40. The van der Waals surface area contributed by atoms with E-state index in [0.29, 0.717) is 55.6 Å². The zero-order chi connectivity index (χ0) is 40.8. The molecule has 0 heterocycles. The van der Waals surface area contributed by atoms with Crippen LogP contribution in [0.2, 0.25) is 0 Å². The van der Waals surface area contributed by atoms with Crippen LogP contribution in [-0.2, 0) is 0 Å². The summed E-state index contributed by atoms with van der Waals surface area (Å²) in [5.41, 5.74) is 6.42. The molecule has 7 heteroatoms. The molecule has 59 heavy (non-hydrogen) atoms. The second-order valence-electron chi connectivity index (χ2n) is 15.1. The molecule has 1 aliphatic carbocycles. The Kier molecular flexibility index (Phi) is 9.42. The Labute approximate surface area is 341 Å². The van der Waals surface area contributed by atoms with Crippen molar-refractivity contribution in [2.45, 2.75) is 23.7 Å². The van der Waals surface area contributed by atoms with E-state index in [0.717, 1.165) is 11.1 Å². The summed E-state index contributed by atoms with van der Waals surface area (Å²) in [4.78, 5) is 0. The highest BCUT2D eigenvalue weighted by molar-refractivity contribution is 5.66. The number of rotatable bonds is 4. The van der Waals surface area contributed by atoms with Crippen molar-refractivity contribution < 1.29 is 35.7 Å². The molecule has 8 aromatic rings. The highest BCUT2D eigenvalue weighted by Gasteiger charge is 2.34. The third-order valence-electron chi connectivity index (χ3n) is 11.6. The van der Waals surface area contributed by atoms with Gasteiger partial charge in [0.2, 0.25) is 0 Å². The van der Waals surface area contributed by atoms with Crippen LogP contribution in [0, 0.1) is 0 Å². The van der Waals surface area contributed by atoms with Crippen molar-refractivity contribution in [3.63, 3.8) is 0 Å². The Morgan fingerprint density at radius 1 is 0.203 bits per heavy atom. The van der Waals surface area contributed by atoms with E-state index < -0.39 is 23.7 Å². The molecule has 0 spiro atoms. The number of phenolic OH excluding ortho intramolecular Hbond substituents is 7. The molecule has 4 atom stereocenters. The minimum absolute atomic E-state index is 0.0373. The highest BCUT2D eigenvalue weighted by atomic mass is 16.3. The number of benzene rings is 8. The summed E-state index contributed by atoms with van der Waals surface area (Å²) < 4.78 is 0. The maximum atomic E-state index is 11.8. The molecule has 0 aliphatic heterocycles. The zero-order valence-electron chi connectivity index (χ0n) is 31.7. The highest BCUT2D eigenvalue weighted by Crippen LogP contribution is 2.52. The lowest BCUT2D eigenvalue weighted by atomic mass is 9.75. The van der Waals surface area contributed by atoms with Crippen molar-refractivity contribution >= 4 is 0 Å². The van der Waals surface area contributed by atoms with Crippen molar-refractivity contribution in [2.24, 2.45) is 0 Å². The van der Waals surface area contributed by atoms with Crippen molar-refractivity contribution in [3.05, 3.63) is 243 Å². The van der Waals surface area contributed by atoms with E-state index in [1.165, 1.54) is 18.2 Å². The van der Waals surface area contributed by atoms with E-state index in [-0.39, 0.29) is 40.2 Å². The molecule has 0 aromatic heterocycles. The van der Waals surface area contributed by atoms with E-state index in [1.54, 1.807) is 30.3 Å². The van der Waals surface area contributed by atoms with Gasteiger partial charge in [0, 0.05) is 80.8 Å². The van der Waals surface area contributed by atoms with Crippen molar-refractivity contribution in [1.29, 1.82) is 0 Å². The van der Waals surface area contributed by atoms with Crippen LogP contribution >= 0.6 is 0 Å². The topological polar surface area (TPSA) is 142 Å². The molecule has 0 saturated carbocycles. The number of fused-ring (bicyclic) bond motifs is 8. The van der Waals surface area contributed by atoms with Crippen LogP contribution < -0.4 is 0 Å². The number of hydrogen-bond donors (Lipinski definition) is 7. The largest absolute Gasteiger partial charge is 0.508 e. The number of phenols is 7. The van der Waals surface area contributed by atoms with Gasteiger partial charge in [-0.15, -0.1) is 0 Å². The van der Waals surface area contributed by atoms with Crippen molar-refractivity contribution in [2.75, 3.05) is 0 Å². The summed E-state index contributed by atoms with van der Waals surface area (Å²) in [6, 6.07) is 52.1. The number of hydrogen-bond acceptors (Lipinski definition) is 7. The molecule has 7 nitrogen and oxygen atoms in total. The molecule has 0 radical (unpaired) electrons. The van der Waals surface area contributed by atoms with Crippen LogP contribution in [0.5, 0.6) is 40.2 Å². The molecule has 8 aromatic carbocycles. The van der Waals surface area contributed by atoms with E-state index in [9.17, 15) is 35.7 Å². The van der Waals surface area contributed by atoms with Gasteiger partial charge in [-0.25, -0.2) is 0 Å². The summed E-state index contributed by atoms with van der Waals surface area (Å²) in [6.45, 7) is 0. The van der Waals surface area contributed by atoms with Crippen molar-refractivity contribution in [1.82, 2.24) is 0 Å². The third kappa shape index (κ3) is 6.62. The first-order valence-corrected chi connectivity index (χ1v) is 19.4. The van der Waals surface area contributed by atoms with Gasteiger partial charge in [0.15, 0.2) is 0 Å². The van der Waals surface area contributed by atoms with Crippen LogP contribution in [0.15, 0.2) is 176 Å².